The third-order valence-corrected chi connectivity index (χ3v) is 3.43. The lowest BCUT2D eigenvalue weighted by molar-refractivity contribution is 0.0877. The highest BCUT2D eigenvalue weighted by molar-refractivity contribution is 9.09. The fourth-order valence-corrected chi connectivity index (χ4v) is 2.14. The van der Waals surface area contributed by atoms with Crippen LogP contribution in [0.2, 0.25) is 0 Å². The second-order valence-corrected chi connectivity index (χ2v) is 5.71. The Morgan fingerprint density at radius 2 is 1.38 bits per heavy atom. The first-order valence-corrected chi connectivity index (χ1v) is 7.68. The van der Waals surface area contributed by atoms with Crippen LogP contribution in [0.5, 0.6) is 0 Å². The Balaban J connectivity index is 3.58. The largest absolute Gasteiger partial charge is 0.668 e. The van der Waals surface area contributed by atoms with Crippen LogP contribution in [0, 0.1) is 0 Å². The van der Waals surface area contributed by atoms with E-state index >= 15 is 0 Å². The highest BCUT2D eigenvalue weighted by Crippen LogP contribution is 2.16. The molecule has 0 aromatic carbocycles. The standard InChI is InChI=1S/C10H20BBr2O3/c1-3-5-7-9(12)15-11(14)16-10(13)8-6-4-2/h9-10H,3-8H2,1-2H3. The minimum Gasteiger partial charge on any atom is -0.372 e. The van der Waals surface area contributed by atoms with Crippen molar-refractivity contribution in [2.24, 2.45) is 0 Å². The van der Waals surface area contributed by atoms with Gasteiger partial charge in [-0.1, -0.05) is 71.4 Å². The maximum Gasteiger partial charge on any atom is 0.668 e. The molecule has 0 aliphatic rings. The van der Waals surface area contributed by atoms with Crippen LogP contribution in [-0.2, 0) is 14.3 Å². The summed E-state index contributed by atoms with van der Waals surface area (Å²) < 4.78 is 10.2. The van der Waals surface area contributed by atoms with Gasteiger partial charge in [-0.2, -0.15) is 0 Å². The van der Waals surface area contributed by atoms with Crippen molar-refractivity contribution in [2.45, 2.75) is 62.4 Å². The summed E-state index contributed by atoms with van der Waals surface area (Å²) in [4.78, 5) is 0. The summed E-state index contributed by atoms with van der Waals surface area (Å²) in [5.41, 5.74) is 0. The molecule has 2 atom stereocenters. The molecule has 2 unspecified atom stereocenters. The van der Waals surface area contributed by atoms with Crippen LogP contribution in [-0.4, -0.2) is 17.3 Å². The number of hydrogen-bond acceptors (Lipinski definition) is 2. The van der Waals surface area contributed by atoms with E-state index in [-0.39, 0.29) is 10.0 Å². The Labute approximate surface area is 116 Å². The molecule has 0 bridgehead atoms. The Hall–Kier alpha value is 0.905. The van der Waals surface area contributed by atoms with Gasteiger partial charge in [-0.3, -0.25) is 0 Å². The number of rotatable bonds is 10. The summed E-state index contributed by atoms with van der Waals surface area (Å²) in [5.74, 6) is 0. The van der Waals surface area contributed by atoms with E-state index in [1.54, 1.807) is 0 Å². The van der Waals surface area contributed by atoms with E-state index in [1.165, 1.54) is 0 Å². The van der Waals surface area contributed by atoms with E-state index < -0.39 is 7.32 Å². The van der Waals surface area contributed by atoms with Crippen molar-refractivity contribution in [2.75, 3.05) is 0 Å². The molecule has 0 fully saturated rings. The Bertz CT molecular complexity index is 147. The maximum absolute atomic E-state index is 11.4. The van der Waals surface area contributed by atoms with Crippen molar-refractivity contribution in [3.8, 4) is 0 Å². The van der Waals surface area contributed by atoms with Gasteiger partial charge in [0.05, 0.1) is 0 Å². The van der Waals surface area contributed by atoms with Gasteiger partial charge < -0.3 is 9.31 Å². The lowest BCUT2D eigenvalue weighted by atomic mass is 10.2. The Kier molecular flexibility index (Phi) is 11.6. The summed E-state index contributed by atoms with van der Waals surface area (Å²) in [6, 6.07) is 0. The first kappa shape index (κ1) is 16.9. The van der Waals surface area contributed by atoms with Crippen LogP contribution in [0.1, 0.15) is 52.4 Å². The zero-order valence-electron chi connectivity index (χ0n) is 9.96. The highest BCUT2D eigenvalue weighted by Gasteiger charge is 2.25. The van der Waals surface area contributed by atoms with Gasteiger partial charge in [-0.25, -0.2) is 5.02 Å². The van der Waals surface area contributed by atoms with Crippen LogP contribution >= 0.6 is 31.9 Å². The first-order chi connectivity index (χ1) is 7.60. The second-order valence-electron chi connectivity index (χ2n) is 3.67. The summed E-state index contributed by atoms with van der Waals surface area (Å²) in [7, 11) is -1.41. The minimum atomic E-state index is -1.41. The van der Waals surface area contributed by atoms with Crippen molar-refractivity contribution in [1.29, 1.82) is 0 Å². The molecule has 0 N–H and O–H groups in total. The van der Waals surface area contributed by atoms with E-state index in [0.717, 1.165) is 38.5 Å². The van der Waals surface area contributed by atoms with Gasteiger partial charge in [-0.05, 0) is 12.8 Å². The van der Waals surface area contributed by atoms with Crippen molar-refractivity contribution < 1.29 is 14.3 Å². The molecule has 16 heavy (non-hydrogen) atoms. The van der Waals surface area contributed by atoms with Gasteiger partial charge in [0.15, 0.2) is 0 Å². The van der Waals surface area contributed by atoms with E-state index in [0.29, 0.717) is 0 Å². The van der Waals surface area contributed by atoms with E-state index in [1.807, 2.05) is 0 Å². The predicted octanol–water partition coefficient (Wildman–Crippen LogP) is 4.26. The third-order valence-electron chi connectivity index (χ3n) is 2.09. The number of halogens is 2. The molecule has 0 aromatic heterocycles. The zero-order valence-corrected chi connectivity index (χ0v) is 13.1. The molecule has 6 heteroatoms. The van der Waals surface area contributed by atoms with Crippen LogP contribution in [0.3, 0.4) is 0 Å². The van der Waals surface area contributed by atoms with E-state index in [4.69, 9.17) is 9.31 Å². The molecule has 95 valence electrons. The molecular weight excluding hydrogens is 339 g/mol. The van der Waals surface area contributed by atoms with Crippen LogP contribution in [0.25, 0.3) is 0 Å². The lowest BCUT2D eigenvalue weighted by Crippen LogP contribution is -2.28. The van der Waals surface area contributed by atoms with Crippen LogP contribution < -0.4 is 0 Å². The molecule has 0 aliphatic heterocycles. The summed E-state index contributed by atoms with van der Waals surface area (Å²) in [5, 5.41) is 11.0. The number of alkyl halides is 2. The van der Waals surface area contributed by atoms with Crippen molar-refractivity contribution in [1.82, 2.24) is 0 Å². The summed E-state index contributed by atoms with van der Waals surface area (Å²) in [6.45, 7) is 4.20. The fraction of sp³-hybridized carbons (Fsp3) is 1.00. The van der Waals surface area contributed by atoms with E-state index in [2.05, 4.69) is 45.7 Å². The molecular formula is C10H20BBr2O3. The Morgan fingerprint density at radius 3 is 1.69 bits per heavy atom. The quantitative estimate of drug-likeness (QED) is 0.432. The molecule has 0 spiro atoms. The molecule has 0 aromatic rings. The van der Waals surface area contributed by atoms with E-state index in [9.17, 15) is 5.02 Å². The molecule has 0 saturated carbocycles. The average molecular weight is 359 g/mol. The van der Waals surface area contributed by atoms with Gasteiger partial charge in [-0.15, -0.1) is 0 Å². The molecule has 0 heterocycles. The van der Waals surface area contributed by atoms with Gasteiger partial charge in [0, 0.05) is 0 Å². The molecule has 0 amide bonds. The molecule has 0 rings (SSSR count). The first-order valence-electron chi connectivity index (χ1n) is 5.85. The average Bonchev–Trinajstić information content (AvgIpc) is 2.23. The number of unbranched alkanes of at least 4 members (excludes halogenated alkanes) is 2. The number of hydrogen-bond donors (Lipinski definition) is 0. The molecule has 0 aliphatic carbocycles. The SMILES string of the molecule is CCCCC(Br)OB([O])OC(Br)CCCC. The second kappa shape index (κ2) is 11.0. The van der Waals surface area contributed by atoms with Gasteiger partial charge in [0.2, 0.25) is 0 Å². The monoisotopic (exact) mass is 357 g/mol. The van der Waals surface area contributed by atoms with Crippen molar-refractivity contribution in [3.05, 3.63) is 0 Å². The summed E-state index contributed by atoms with van der Waals surface area (Å²) >= 11 is 6.61. The fourth-order valence-electron chi connectivity index (χ4n) is 1.14. The summed E-state index contributed by atoms with van der Waals surface area (Å²) in [6.07, 6.45) is 5.92. The van der Waals surface area contributed by atoms with Gasteiger partial charge in [0.1, 0.15) is 10.0 Å². The molecule has 3 nitrogen and oxygen atoms in total. The topological polar surface area (TPSA) is 38.4 Å². The van der Waals surface area contributed by atoms with Crippen LogP contribution in [0.4, 0.5) is 0 Å². The zero-order chi connectivity index (χ0) is 12.4. The third kappa shape index (κ3) is 10.1. The lowest BCUT2D eigenvalue weighted by Gasteiger charge is -2.15. The smallest absolute Gasteiger partial charge is 0.372 e. The molecule has 1 radical (unpaired) electrons. The van der Waals surface area contributed by atoms with Crippen LogP contribution in [0.15, 0.2) is 0 Å². The maximum atomic E-state index is 11.4. The Morgan fingerprint density at radius 1 is 1.00 bits per heavy atom. The predicted molar refractivity (Wildman–Crippen MR) is 73.1 cm³/mol. The van der Waals surface area contributed by atoms with Gasteiger partial charge in [0.25, 0.3) is 0 Å². The van der Waals surface area contributed by atoms with Crippen molar-refractivity contribution >= 4 is 39.2 Å². The molecule has 0 saturated heterocycles. The normalized spacial score (nSPS) is 14.8. The highest BCUT2D eigenvalue weighted by atomic mass is 79.9. The van der Waals surface area contributed by atoms with Crippen molar-refractivity contribution in [3.63, 3.8) is 0 Å². The van der Waals surface area contributed by atoms with Gasteiger partial charge >= 0.3 is 7.32 Å². The minimum absolute atomic E-state index is 0.208.